The number of nitrogens with zero attached hydrogens (tertiary/aromatic N) is 2. The number of halogens is 2. The van der Waals surface area contributed by atoms with E-state index < -0.39 is 23.2 Å². The molecule has 0 unspecified atom stereocenters. The van der Waals surface area contributed by atoms with Crippen LogP contribution in [0.5, 0.6) is 0 Å². The summed E-state index contributed by atoms with van der Waals surface area (Å²) in [5.41, 5.74) is 7.31. The molecule has 2 heterocycles. The van der Waals surface area contributed by atoms with Gasteiger partial charge in [-0.2, -0.15) is 0 Å². The van der Waals surface area contributed by atoms with Gasteiger partial charge in [0.2, 0.25) is 0 Å². The Morgan fingerprint density at radius 3 is 2.73 bits per heavy atom. The first kappa shape index (κ1) is 17.3. The van der Waals surface area contributed by atoms with Crippen molar-refractivity contribution in [2.75, 3.05) is 16.4 Å². The molecule has 6 nitrogen and oxygen atoms in total. The SMILES string of the molecule is Nc1ncccc1NCc1cccc(NC(=O)c2ncc(F)cc2F)c1. The molecule has 0 saturated carbocycles. The minimum absolute atomic E-state index is 0.384. The molecule has 0 fully saturated rings. The van der Waals surface area contributed by atoms with Crippen LogP contribution in [-0.2, 0) is 6.54 Å². The summed E-state index contributed by atoms with van der Waals surface area (Å²) in [5, 5.41) is 5.68. The highest BCUT2D eigenvalue weighted by Crippen LogP contribution is 2.17. The first-order chi connectivity index (χ1) is 12.5. The van der Waals surface area contributed by atoms with Gasteiger partial charge in [-0.1, -0.05) is 12.1 Å². The van der Waals surface area contributed by atoms with Gasteiger partial charge in [0.15, 0.2) is 11.5 Å². The van der Waals surface area contributed by atoms with Gasteiger partial charge in [-0.25, -0.2) is 18.7 Å². The van der Waals surface area contributed by atoms with Crippen molar-refractivity contribution < 1.29 is 13.6 Å². The van der Waals surface area contributed by atoms with Crippen molar-refractivity contribution in [3.63, 3.8) is 0 Å². The lowest BCUT2D eigenvalue weighted by molar-refractivity contribution is 0.101. The number of rotatable bonds is 5. The van der Waals surface area contributed by atoms with E-state index >= 15 is 0 Å². The van der Waals surface area contributed by atoms with Crippen molar-refractivity contribution in [1.29, 1.82) is 0 Å². The summed E-state index contributed by atoms with van der Waals surface area (Å²) in [6, 6.07) is 11.1. The van der Waals surface area contributed by atoms with E-state index in [1.165, 1.54) is 0 Å². The molecule has 0 bridgehead atoms. The van der Waals surface area contributed by atoms with Crippen molar-refractivity contribution in [3.8, 4) is 0 Å². The quantitative estimate of drug-likeness (QED) is 0.654. The minimum Gasteiger partial charge on any atom is -0.382 e. The molecule has 3 rings (SSSR count). The summed E-state index contributed by atoms with van der Waals surface area (Å²) < 4.78 is 26.5. The van der Waals surface area contributed by atoms with E-state index in [4.69, 9.17) is 5.73 Å². The smallest absolute Gasteiger partial charge is 0.277 e. The van der Waals surface area contributed by atoms with Crippen molar-refractivity contribution in [2.24, 2.45) is 0 Å². The Morgan fingerprint density at radius 2 is 1.96 bits per heavy atom. The fraction of sp³-hybridized carbons (Fsp3) is 0.0556. The van der Waals surface area contributed by atoms with Crippen molar-refractivity contribution >= 4 is 23.1 Å². The molecule has 0 radical (unpaired) electrons. The third-order valence-corrected chi connectivity index (χ3v) is 3.53. The van der Waals surface area contributed by atoms with Crippen LogP contribution in [0.4, 0.5) is 26.0 Å². The highest BCUT2D eigenvalue weighted by atomic mass is 19.1. The molecule has 2 aromatic heterocycles. The van der Waals surface area contributed by atoms with Crippen LogP contribution < -0.4 is 16.4 Å². The Hall–Kier alpha value is -3.55. The van der Waals surface area contributed by atoms with Gasteiger partial charge in [0.05, 0.1) is 11.9 Å². The van der Waals surface area contributed by atoms with E-state index in [0.717, 1.165) is 11.8 Å². The lowest BCUT2D eigenvalue weighted by Crippen LogP contribution is -2.16. The highest BCUT2D eigenvalue weighted by molar-refractivity contribution is 6.03. The molecule has 8 heteroatoms. The number of nitrogens with two attached hydrogens (primary N) is 1. The molecular weight excluding hydrogens is 340 g/mol. The number of nitrogens with one attached hydrogen (secondary N) is 2. The standard InChI is InChI=1S/C18H15F2N5O/c19-12-8-14(20)16(24-10-12)18(26)25-13-4-1-3-11(7-13)9-23-15-5-2-6-22-17(15)21/h1-8,10,23H,9H2,(H2,21,22)(H,25,26). The van der Waals surface area contributed by atoms with Crippen molar-refractivity contribution in [1.82, 2.24) is 9.97 Å². The number of pyridine rings is 2. The van der Waals surface area contributed by atoms with Gasteiger partial charge in [-0.3, -0.25) is 4.79 Å². The van der Waals surface area contributed by atoms with Crippen LogP contribution in [0.25, 0.3) is 0 Å². The summed E-state index contributed by atoms with van der Waals surface area (Å²) in [6.07, 6.45) is 2.38. The second-order valence-corrected chi connectivity index (χ2v) is 5.43. The van der Waals surface area contributed by atoms with Gasteiger partial charge in [0.25, 0.3) is 5.91 Å². The number of carbonyl (C=O) groups is 1. The monoisotopic (exact) mass is 355 g/mol. The molecule has 0 saturated heterocycles. The van der Waals surface area contributed by atoms with Crippen LogP contribution in [-0.4, -0.2) is 15.9 Å². The summed E-state index contributed by atoms with van der Waals surface area (Å²) >= 11 is 0. The Labute approximate surface area is 148 Å². The number of carbonyl (C=O) groups excluding carboxylic acids is 1. The van der Waals surface area contributed by atoms with Crippen LogP contribution in [0.15, 0.2) is 54.9 Å². The van der Waals surface area contributed by atoms with Gasteiger partial charge in [-0.05, 0) is 29.8 Å². The van der Waals surface area contributed by atoms with E-state index in [1.54, 1.807) is 36.5 Å². The second-order valence-electron chi connectivity index (χ2n) is 5.43. The molecule has 0 aliphatic carbocycles. The molecule has 4 N–H and O–H groups in total. The number of nitrogen functional groups attached to an aromatic ring is 1. The van der Waals surface area contributed by atoms with Crippen LogP contribution in [0.3, 0.4) is 0 Å². The Balaban J connectivity index is 1.69. The molecule has 0 atom stereocenters. The van der Waals surface area contributed by atoms with Gasteiger partial charge < -0.3 is 16.4 Å². The molecule has 0 spiro atoms. The van der Waals surface area contributed by atoms with E-state index in [0.29, 0.717) is 29.8 Å². The number of hydrogen-bond acceptors (Lipinski definition) is 5. The number of amides is 1. The number of hydrogen-bond donors (Lipinski definition) is 3. The zero-order valence-electron chi connectivity index (χ0n) is 13.5. The Kier molecular flexibility index (Phi) is 5.02. The third-order valence-electron chi connectivity index (χ3n) is 3.53. The zero-order valence-corrected chi connectivity index (χ0v) is 13.5. The topological polar surface area (TPSA) is 92.9 Å². The summed E-state index contributed by atoms with van der Waals surface area (Å²) in [6.45, 7) is 0.447. The summed E-state index contributed by atoms with van der Waals surface area (Å²) in [4.78, 5) is 19.6. The van der Waals surface area contributed by atoms with Crippen molar-refractivity contribution in [3.05, 3.63) is 77.8 Å². The lowest BCUT2D eigenvalue weighted by atomic mass is 10.2. The minimum atomic E-state index is -1.02. The van der Waals surface area contributed by atoms with Crippen LogP contribution in [0, 0.1) is 11.6 Å². The molecule has 132 valence electrons. The molecule has 3 aromatic rings. The second kappa shape index (κ2) is 7.56. The van der Waals surface area contributed by atoms with Crippen LogP contribution in [0.2, 0.25) is 0 Å². The lowest BCUT2D eigenvalue weighted by Gasteiger charge is -2.10. The molecule has 26 heavy (non-hydrogen) atoms. The molecule has 0 aliphatic rings. The van der Waals surface area contributed by atoms with Crippen molar-refractivity contribution in [2.45, 2.75) is 6.54 Å². The first-order valence-electron chi connectivity index (χ1n) is 7.68. The maximum atomic E-state index is 13.6. The maximum absolute atomic E-state index is 13.6. The fourth-order valence-electron chi connectivity index (χ4n) is 2.30. The zero-order chi connectivity index (χ0) is 18.5. The van der Waals surface area contributed by atoms with E-state index in [9.17, 15) is 13.6 Å². The van der Waals surface area contributed by atoms with Gasteiger partial charge in [0.1, 0.15) is 11.6 Å². The fourth-order valence-corrected chi connectivity index (χ4v) is 2.30. The Bertz CT molecular complexity index is 948. The number of aromatic nitrogens is 2. The van der Waals surface area contributed by atoms with Gasteiger partial charge in [-0.15, -0.1) is 0 Å². The summed E-state index contributed by atoms with van der Waals surface area (Å²) in [7, 11) is 0. The average molecular weight is 355 g/mol. The highest BCUT2D eigenvalue weighted by Gasteiger charge is 2.14. The molecular formula is C18H15F2N5O. The van der Waals surface area contributed by atoms with Crippen LogP contribution >= 0.6 is 0 Å². The first-order valence-corrected chi connectivity index (χ1v) is 7.68. The molecule has 0 aliphatic heterocycles. The predicted molar refractivity (Wildman–Crippen MR) is 94.5 cm³/mol. The predicted octanol–water partition coefficient (Wildman–Crippen LogP) is 3.20. The normalized spacial score (nSPS) is 10.4. The summed E-state index contributed by atoms with van der Waals surface area (Å²) in [5.74, 6) is -2.24. The molecule has 1 aromatic carbocycles. The van der Waals surface area contributed by atoms with Crippen LogP contribution in [0.1, 0.15) is 16.1 Å². The maximum Gasteiger partial charge on any atom is 0.277 e. The van der Waals surface area contributed by atoms with Gasteiger partial charge in [0, 0.05) is 24.5 Å². The van der Waals surface area contributed by atoms with Gasteiger partial charge >= 0.3 is 0 Å². The largest absolute Gasteiger partial charge is 0.382 e. The molecule has 1 amide bonds. The average Bonchev–Trinajstić information content (AvgIpc) is 2.61. The van der Waals surface area contributed by atoms with E-state index in [-0.39, 0.29) is 0 Å². The van der Waals surface area contributed by atoms with E-state index in [1.807, 2.05) is 6.07 Å². The van der Waals surface area contributed by atoms with E-state index in [2.05, 4.69) is 20.6 Å². The number of anilines is 3. The Morgan fingerprint density at radius 1 is 1.12 bits per heavy atom. The third kappa shape index (κ3) is 4.10. The number of benzene rings is 1.